The summed E-state index contributed by atoms with van der Waals surface area (Å²) in [4.78, 5) is 24.2. The van der Waals surface area contributed by atoms with Crippen LogP contribution in [0.3, 0.4) is 0 Å². The van der Waals surface area contributed by atoms with Gasteiger partial charge in [-0.3, -0.25) is 4.79 Å². The molecule has 0 aliphatic carbocycles. The number of amides is 1. The SMILES string of the molecule is Cc1ccsc1/C=C/C(=O)OCC(=O)NCCc1ccccc1. The first kappa shape index (κ1) is 17.0. The van der Waals surface area contributed by atoms with Gasteiger partial charge >= 0.3 is 5.97 Å². The molecule has 0 unspecified atom stereocenters. The topological polar surface area (TPSA) is 55.4 Å². The van der Waals surface area contributed by atoms with Crippen molar-refractivity contribution in [2.24, 2.45) is 0 Å². The van der Waals surface area contributed by atoms with Gasteiger partial charge in [-0.15, -0.1) is 11.3 Å². The van der Waals surface area contributed by atoms with Crippen molar-refractivity contribution in [2.75, 3.05) is 13.2 Å². The molecule has 0 saturated heterocycles. The van der Waals surface area contributed by atoms with Crippen LogP contribution < -0.4 is 5.32 Å². The number of carbonyl (C=O) groups is 2. The van der Waals surface area contributed by atoms with Crippen molar-refractivity contribution in [1.82, 2.24) is 5.32 Å². The van der Waals surface area contributed by atoms with Gasteiger partial charge < -0.3 is 10.1 Å². The van der Waals surface area contributed by atoms with Gasteiger partial charge in [-0.05, 0) is 42.0 Å². The highest BCUT2D eigenvalue weighted by atomic mass is 32.1. The minimum atomic E-state index is -0.518. The lowest BCUT2D eigenvalue weighted by molar-refractivity contribution is -0.143. The normalized spacial score (nSPS) is 10.7. The fourth-order valence-corrected chi connectivity index (χ4v) is 2.74. The zero-order valence-corrected chi connectivity index (χ0v) is 13.8. The van der Waals surface area contributed by atoms with Gasteiger partial charge in [0.15, 0.2) is 6.61 Å². The van der Waals surface area contributed by atoms with Gasteiger partial charge in [-0.25, -0.2) is 4.79 Å². The first-order valence-corrected chi connectivity index (χ1v) is 8.22. The van der Waals surface area contributed by atoms with E-state index < -0.39 is 5.97 Å². The maximum atomic E-state index is 11.6. The third-order valence-electron chi connectivity index (χ3n) is 3.20. The fourth-order valence-electron chi connectivity index (χ4n) is 1.93. The predicted octanol–water partition coefficient (Wildman–Crippen LogP) is 2.97. The van der Waals surface area contributed by atoms with Gasteiger partial charge in [-0.2, -0.15) is 0 Å². The van der Waals surface area contributed by atoms with Crippen LogP contribution in [0.25, 0.3) is 6.08 Å². The van der Waals surface area contributed by atoms with Crippen molar-refractivity contribution in [3.8, 4) is 0 Å². The van der Waals surface area contributed by atoms with Crippen LogP contribution in [0.15, 0.2) is 47.9 Å². The molecule has 0 spiro atoms. The quantitative estimate of drug-likeness (QED) is 0.627. The molecule has 1 amide bonds. The van der Waals surface area contributed by atoms with Crippen LogP contribution in [0.1, 0.15) is 16.0 Å². The number of hydrogen-bond acceptors (Lipinski definition) is 4. The third kappa shape index (κ3) is 6.08. The summed E-state index contributed by atoms with van der Waals surface area (Å²) in [5.74, 6) is -0.814. The Bertz CT molecular complexity index is 677. The standard InChI is InChI=1S/C18H19NO3S/c1-14-10-12-23-16(14)7-8-18(21)22-13-17(20)19-11-9-15-5-3-2-4-6-15/h2-8,10,12H,9,11,13H2,1H3,(H,19,20)/b8-7+. The Morgan fingerprint density at radius 3 is 2.70 bits per heavy atom. The molecule has 1 N–H and O–H groups in total. The molecular weight excluding hydrogens is 310 g/mol. The van der Waals surface area contributed by atoms with E-state index in [9.17, 15) is 9.59 Å². The van der Waals surface area contributed by atoms with Crippen LogP contribution in [-0.4, -0.2) is 25.0 Å². The molecule has 0 aliphatic rings. The average molecular weight is 329 g/mol. The summed E-state index contributed by atoms with van der Waals surface area (Å²) < 4.78 is 4.91. The molecule has 2 aromatic rings. The van der Waals surface area contributed by atoms with Gasteiger partial charge in [0.25, 0.3) is 5.91 Å². The third-order valence-corrected chi connectivity index (χ3v) is 4.18. The Balaban J connectivity index is 1.65. The maximum Gasteiger partial charge on any atom is 0.331 e. The summed E-state index contributed by atoms with van der Waals surface area (Å²) in [6.45, 7) is 2.23. The number of rotatable bonds is 7. The van der Waals surface area contributed by atoms with Crippen LogP contribution in [0.4, 0.5) is 0 Å². The minimum absolute atomic E-state index is 0.263. The Morgan fingerprint density at radius 1 is 1.22 bits per heavy atom. The zero-order chi connectivity index (χ0) is 16.5. The van der Waals surface area contributed by atoms with Crippen LogP contribution in [-0.2, 0) is 20.7 Å². The summed E-state index contributed by atoms with van der Waals surface area (Å²) in [6.07, 6.45) is 3.80. The molecule has 0 fully saturated rings. The number of benzene rings is 1. The second kappa shape index (κ2) is 8.90. The summed E-state index contributed by atoms with van der Waals surface area (Å²) in [5.41, 5.74) is 2.26. The highest BCUT2D eigenvalue weighted by molar-refractivity contribution is 7.11. The van der Waals surface area contributed by atoms with E-state index in [-0.39, 0.29) is 12.5 Å². The van der Waals surface area contributed by atoms with Crippen molar-refractivity contribution in [3.63, 3.8) is 0 Å². The van der Waals surface area contributed by atoms with Crippen LogP contribution in [0, 0.1) is 6.92 Å². The molecule has 4 nitrogen and oxygen atoms in total. The maximum absolute atomic E-state index is 11.6. The molecule has 0 aliphatic heterocycles. The van der Waals surface area contributed by atoms with Crippen molar-refractivity contribution in [3.05, 3.63) is 63.9 Å². The van der Waals surface area contributed by atoms with E-state index in [0.29, 0.717) is 6.54 Å². The fraction of sp³-hybridized carbons (Fsp3) is 0.222. The molecule has 0 radical (unpaired) electrons. The lowest BCUT2D eigenvalue weighted by Crippen LogP contribution is -2.30. The smallest absolute Gasteiger partial charge is 0.331 e. The Labute approximate surface area is 139 Å². The molecule has 5 heteroatoms. The van der Waals surface area contributed by atoms with Crippen molar-refractivity contribution in [2.45, 2.75) is 13.3 Å². The molecule has 1 aromatic carbocycles. The molecule has 2 rings (SSSR count). The molecule has 1 aromatic heterocycles. The van der Waals surface area contributed by atoms with E-state index in [1.807, 2.05) is 48.7 Å². The zero-order valence-electron chi connectivity index (χ0n) is 13.0. The number of thiophene rings is 1. The lowest BCUT2D eigenvalue weighted by atomic mass is 10.1. The Hall–Kier alpha value is -2.40. The number of nitrogens with one attached hydrogen (secondary N) is 1. The molecular formula is C18H19NO3S. The van der Waals surface area contributed by atoms with Crippen molar-refractivity contribution in [1.29, 1.82) is 0 Å². The van der Waals surface area contributed by atoms with Crippen LogP contribution in [0.5, 0.6) is 0 Å². The predicted molar refractivity (Wildman–Crippen MR) is 92.2 cm³/mol. The second-order valence-electron chi connectivity index (χ2n) is 4.99. The summed E-state index contributed by atoms with van der Waals surface area (Å²) in [5, 5.41) is 4.69. The molecule has 0 bridgehead atoms. The van der Waals surface area contributed by atoms with Gasteiger partial charge in [0.1, 0.15) is 0 Å². The number of aryl methyl sites for hydroxylation is 1. The highest BCUT2D eigenvalue weighted by Crippen LogP contribution is 2.16. The van der Waals surface area contributed by atoms with E-state index in [0.717, 1.165) is 22.4 Å². The molecule has 1 heterocycles. The molecule has 23 heavy (non-hydrogen) atoms. The summed E-state index contributed by atoms with van der Waals surface area (Å²) >= 11 is 1.55. The minimum Gasteiger partial charge on any atom is -0.452 e. The number of hydrogen-bond donors (Lipinski definition) is 1. The van der Waals surface area contributed by atoms with E-state index in [1.165, 1.54) is 6.08 Å². The van der Waals surface area contributed by atoms with Gasteiger partial charge in [0.05, 0.1) is 0 Å². The van der Waals surface area contributed by atoms with E-state index in [2.05, 4.69) is 5.32 Å². The van der Waals surface area contributed by atoms with E-state index in [1.54, 1.807) is 17.4 Å². The van der Waals surface area contributed by atoms with E-state index in [4.69, 9.17) is 4.74 Å². The van der Waals surface area contributed by atoms with Gasteiger partial charge in [-0.1, -0.05) is 30.3 Å². The monoisotopic (exact) mass is 329 g/mol. The molecule has 0 saturated carbocycles. The van der Waals surface area contributed by atoms with E-state index >= 15 is 0 Å². The van der Waals surface area contributed by atoms with Gasteiger partial charge in [0.2, 0.25) is 0 Å². The van der Waals surface area contributed by atoms with Crippen molar-refractivity contribution >= 4 is 29.3 Å². The second-order valence-corrected chi connectivity index (χ2v) is 5.94. The Morgan fingerprint density at radius 2 is 2.00 bits per heavy atom. The van der Waals surface area contributed by atoms with Crippen LogP contribution >= 0.6 is 11.3 Å². The summed E-state index contributed by atoms with van der Waals surface area (Å²) in [7, 11) is 0. The van der Waals surface area contributed by atoms with Crippen molar-refractivity contribution < 1.29 is 14.3 Å². The molecule has 0 atom stereocenters. The highest BCUT2D eigenvalue weighted by Gasteiger charge is 2.05. The first-order valence-electron chi connectivity index (χ1n) is 7.34. The average Bonchev–Trinajstić information content (AvgIpc) is 2.97. The van der Waals surface area contributed by atoms with Crippen LogP contribution in [0.2, 0.25) is 0 Å². The lowest BCUT2D eigenvalue weighted by Gasteiger charge is -2.05. The number of ether oxygens (including phenoxy) is 1. The summed E-state index contributed by atoms with van der Waals surface area (Å²) in [6, 6.07) is 11.9. The Kier molecular flexibility index (Phi) is 6.56. The number of esters is 1. The largest absolute Gasteiger partial charge is 0.452 e. The first-order chi connectivity index (χ1) is 11.1. The molecule has 120 valence electrons. The van der Waals surface area contributed by atoms with Gasteiger partial charge in [0, 0.05) is 17.5 Å². The number of carbonyl (C=O) groups excluding carboxylic acids is 2.